The fraction of sp³-hybridized carbons (Fsp3) is 1.00. The average molecular weight is 401 g/mol. The summed E-state index contributed by atoms with van der Waals surface area (Å²) in [7, 11) is 0. The van der Waals surface area contributed by atoms with Gasteiger partial charge in [0.25, 0.3) is 0 Å². The molecule has 0 rings (SSSR count). The molecule has 170 valence electrons. The molecule has 0 saturated carbocycles. The molecule has 0 aliphatic heterocycles. The number of rotatable bonds is 21. The van der Waals surface area contributed by atoms with Crippen LogP contribution in [0.5, 0.6) is 0 Å². The molecular formula is C22H52N6. The van der Waals surface area contributed by atoms with Crippen LogP contribution in [-0.4, -0.2) is 38.3 Å². The molecule has 0 spiro atoms. The van der Waals surface area contributed by atoms with E-state index in [-0.39, 0.29) is 11.0 Å². The maximum absolute atomic E-state index is 7.20. The van der Waals surface area contributed by atoms with Gasteiger partial charge < -0.3 is 34.4 Å². The molecule has 0 unspecified atom stereocenters. The maximum atomic E-state index is 7.20. The molecule has 0 aromatic carbocycles. The van der Waals surface area contributed by atoms with Gasteiger partial charge in [-0.05, 0) is 102 Å². The standard InChI is InChI=1S/C22H52N6/c23-16-6-4-2-1-3-5-11-21(12-7-17-24,13-8-18-25)22(28,14-9-19-26)15-10-20-27/h1-20,23-28H2. The third-order valence-corrected chi connectivity index (χ3v) is 6.54. The summed E-state index contributed by atoms with van der Waals surface area (Å²) in [5, 5.41) is 0. The zero-order chi connectivity index (χ0) is 21.1. The average Bonchev–Trinajstić information content (AvgIpc) is 2.71. The van der Waals surface area contributed by atoms with Crippen LogP contribution in [0.1, 0.15) is 96.3 Å². The first-order chi connectivity index (χ1) is 13.6. The molecule has 6 heteroatoms. The van der Waals surface area contributed by atoms with E-state index in [2.05, 4.69) is 0 Å². The van der Waals surface area contributed by atoms with Gasteiger partial charge in [0.15, 0.2) is 0 Å². The van der Waals surface area contributed by atoms with Gasteiger partial charge in [0, 0.05) is 5.54 Å². The first-order valence-electron chi connectivity index (χ1n) is 11.8. The van der Waals surface area contributed by atoms with Crippen LogP contribution in [0.15, 0.2) is 0 Å². The van der Waals surface area contributed by atoms with E-state index in [4.69, 9.17) is 34.4 Å². The summed E-state index contributed by atoms with van der Waals surface area (Å²) >= 11 is 0. The van der Waals surface area contributed by atoms with E-state index < -0.39 is 0 Å². The highest BCUT2D eigenvalue weighted by Gasteiger charge is 2.45. The van der Waals surface area contributed by atoms with E-state index in [1.165, 1.54) is 32.1 Å². The van der Waals surface area contributed by atoms with Crippen molar-refractivity contribution < 1.29 is 0 Å². The Kier molecular flexibility index (Phi) is 17.5. The highest BCUT2D eigenvalue weighted by Crippen LogP contribution is 2.48. The van der Waals surface area contributed by atoms with Gasteiger partial charge in [-0.3, -0.25) is 0 Å². The second-order valence-electron chi connectivity index (χ2n) is 8.67. The second kappa shape index (κ2) is 17.6. The van der Waals surface area contributed by atoms with E-state index in [0.29, 0.717) is 26.2 Å². The summed E-state index contributed by atoms with van der Waals surface area (Å²) in [6.07, 6.45) is 16.7. The van der Waals surface area contributed by atoms with Crippen molar-refractivity contribution in [2.24, 2.45) is 39.8 Å². The van der Waals surface area contributed by atoms with Gasteiger partial charge in [-0.2, -0.15) is 0 Å². The van der Waals surface area contributed by atoms with Crippen molar-refractivity contribution >= 4 is 0 Å². The third-order valence-electron chi connectivity index (χ3n) is 6.54. The second-order valence-corrected chi connectivity index (χ2v) is 8.67. The molecule has 0 saturated heterocycles. The predicted octanol–water partition coefficient (Wildman–Crippen LogP) is 2.32. The monoisotopic (exact) mass is 400 g/mol. The van der Waals surface area contributed by atoms with Gasteiger partial charge in [0.05, 0.1) is 0 Å². The molecule has 0 amide bonds. The van der Waals surface area contributed by atoms with Crippen molar-refractivity contribution in [2.45, 2.75) is 102 Å². The summed E-state index contributed by atoms with van der Waals surface area (Å²) in [5.74, 6) is 0. The minimum absolute atomic E-state index is 0.0906. The third kappa shape index (κ3) is 10.5. The van der Waals surface area contributed by atoms with Gasteiger partial charge in [0.1, 0.15) is 0 Å². The Balaban J connectivity index is 5.24. The molecule has 28 heavy (non-hydrogen) atoms. The molecule has 0 bridgehead atoms. The molecule has 0 aliphatic carbocycles. The minimum atomic E-state index is -0.227. The van der Waals surface area contributed by atoms with Gasteiger partial charge in [-0.1, -0.05) is 32.1 Å². The number of unbranched alkanes of at least 4 members (excludes halogenated alkanes) is 5. The first kappa shape index (κ1) is 27.8. The first-order valence-corrected chi connectivity index (χ1v) is 11.8. The molecular weight excluding hydrogens is 348 g/mol. The van der Waals surface area contributed by atoms with Crippen LogP contribution in [0.4, 0.5) is 0 Å². The fourth-order valence-corrected chi connectivity index (χ4v) is 4.81. The Bertz CT molecular complexity index is 321. The van der Waals surface area contributed by atoms with E-state index >= 15 is 0 Å². The van der Waals surface area contributed by atoms with E-state index in [9.17, 15) is 0 Å². The van der Waals surface area contributed by atoms with E-state index in [1.54, 1.807) is 0 Å². The molecule has 0 aromatic rings. The van der Waals surface area contributed by atoms with Gasteiger partial charge in [-0.15, -0.1) is 0 Å². The zero-order valence-electron chi connectivity index (χ0n) is 18.6. The van der Waals surface area contributed by atoms with Gasteiger partial charge in [0.2, 0.25) is 0 Å². The van der Waals surface area contributed by atoms with Crippen molar-refractivity contribution in [1.82, 2.24) is 0 Å². The number of hydrogen-bond donors (Lipinski definition) is 6. The quantitative estimate of drug-likeness (QED) is 0.162. The largest absolute Gasteiger partial charge is 0.330 e. The van der Waals surface area contributed by atoms with Crippen molar-refractivity contribution in [1.29, 1.82) is 0 Å². The van der Waals surface area contributed by atoms with E-state index in [1.807, 2.05) is 0 Å². The van der Waals surface area contributed by atoms with Crippen LogP contribution in [0, 0.1) is 5.41 Å². The van der Waals surface area contributed by atoms with Crippen LogP contribution in [0.3, 0.4) is 0 Å². The molecule has 0 heterocycles. The van der Waals surface area contributed by atoms with Crippen LogP contribution < -0.4 is 34.4 Å². The summed E-state index contributed by atoms with van der Waals surface area (Å²) in [5.41, 5.74) is 36.2. The lowest BCUT2D eigenvalue weighted by Gasteiger charge is -2.50. The summed E-state index contributed by atoms with van der Waals surface area (Å²) in [4.78, 5) is 0. The van der Waals surface area contributed by atoms with Crippen molar-refractivity contribution in [3.63, 3.8) is 0 Å². The maximum Gasteiger partial charge on any atom is 0.0212 e. The molecule has 0 fully saturated rings. The number of hydrogen-bond acceptors (Lipinski definition) is 6. The summed E-state index contributed by atoms with van der Waals surface area (Å²) in [6.45, 7) is 3.61. The molecule has 0 atom stereocenters. The van der Waals surface area contributed by atoms with Crippen LogP contribution in [-0.2, 0) is 0 Å². The summed E-state index contributed by atoms with van der Waals surface area (Å²) < 4.78 is 0. The van der Waals surface area contributed by atoms with Crippen molar-refractivity contribution in [3.05, 3.63) is 0 Å². The van der Waals surface area contributed by atoms with Gasteiger partial charge >= 0.3 is 0 Å². The van der Waals surface area contributed by atoms with E-state index in [0.717, 1.165) is 70.8 Å². The summed E-state index contributed by atoms with van der Waals surface area (Å²) in [6, 6.07) is 0. The Hall–Kier alpha value is -0.240. The highest BCUT2D eigenvalue weighted by atomic mass is 14.8. The Morgan fingerprint density at radius 1 is 0.357 bits per heavy atom. The fourth-order valence-electron chi connectivity index (χ4n) is 4.81. The predicted molar refractivity (Wildman–Crippen MR) is 124 cm³/mol. The smallest absolute Gasteiger partial charge is 0.0212 e. The molecule has 0 radical (unpaired) electrons. The normalized spacial score (nSPS) is 12.6. The molecule has 6 nitrogen and oxygen atoms in total. The van der Waals surface area contributed by atoms with Crippen LogP contribution in [0.2, 0.25) is 0 Å². The highest BCUT2D eigenvalue weighted by molar-refractivity contribution is 5.02. The SMILES string of the molecule is NCCCCCCCCC(CCCN)(CCCN)C(N)(CCCN)CCCN. The number of nitrogens with two attached hydrogens (primary N) is 6. The van der Waals surface area contributed by atoms with Crippen LogP contribution in [0.25, 0.3) is 0 Å². The zero-order valence-corrected chi connectivity index (χ0v) is 18.6. The lowest BCUT2D eigenvalue weighted by molar-refractivity contribution is 0.0558. The Morgan fingerprint density at radius 3 is 1.11 bits per heavy atom. The lowest BCUT2D eigenvalue weighted by Crippen LogP contribution is -2.56. The van der Waals surface area contributed by atoms with Crippen molar-refractivity contribution in [3.8, 4) is 0 Å². The minimum Gasteiger partial charge on any atom is -0.330 e. The molecule has 0 aromatic heterocycles. The van der Waals surface area contributed by atoms with Crippen molar-refractivity contribution in [2.75, 3.05) is 32.7 Å². The lowest BCUT2D eigenvalue weighted by atomic mass is 9.58. The van der Waals surface area contributed by atoms with Gasteiger partial charge in [-0.25, -0.2) is 0 Å². The van der Waals surface area contributed by atoms with Crippen LogP contribution >= 0.6 is 0 Å². The topological polar surface area (TPSA) is 156 Å². The Labute approximate surface area is 174 Å². The Morgan fingerprint density at radius 2 is 0.679 bits per heavy atom. The molecule has 12 N–H and O–H groups in total. The molecule has 0 aliphatic rings.